The molecule has 0 radical (unpaired) electrons. The van der Waals surface area contributed by atoms with Gasteiger partial charge in [0.1, 0.15) is 12.4 Å². The maximum atomic E-state index is 12.4. The summed E-state index contributed by atoms with van der Waals surface area (Å²) in [6.07, 6.45) is -0.158. The zero-order valence-corrected chi connectivity index (χ0v) is 17.3. The van der Waals surface area contributed by atoms with Crippen molar-refractivity contribution in [2.24, 2.45) is 0 Å². The fourth-order valence-corrected chi connectivity index (χ4v) is 2.84. The monoisotopic (exact) mass is 472 g/mol. The van der Waals surface area contributed by atoms with E-state index < -0.39 is 12.6 Å². The van der Waals surface area contributed by atoms with Gasteiger partial charge in [0.05, 0.1) is 26.2 Å². The Hall–Kier alpha value is -2.68. The van der Waals surface area contributed by atoms with Gasteiger partial charge < -0.3 is 18.9 Å². The van der Waals surface area contributed by atoms with Crippen molar-refractivity contribution in [1.82, 2.24) is 0 Å². The van der Waals surface area contributed by atoms with Gasteiger partial charge in [-0.1, -0.05) is 22.0 Å². The molecule has 0 amide bonds. The zero-order valence-electron chi connectivity index (χ0n) is 15.7. The van der Waals surface area contributed by atoms with E-state index in [9.17, 15) is 18.4 Å². The van der Waals surface area contributed by atoms with Crippen LogP contribution in [-0.2, 0) is 16.1 Å². The number of benzene rings is 2. The summed E-state index contributed by atoms with van der Waals surface area (Å²) in [7, 11) is 2.77. The molecular weight excluding hydrogens is 454 g/mol. The largest absolute Gasteiger partial charge is 0.496 e. The topological polar surface area (TPSA) is 71.1 Å². The van der Waals surface area contributed by atoms with Crippen molar-refractivity contribution in [2.45, 2.75) is 26.1 Å². The number of halogens is 3. The average Bonchev–Trinajstić information content (AvgIpc) is 2.70. The van der Waals surface area contributed by atoms with Crippen molar-refractivity contribution in [1.29, 1.82) is 0 Å². The van der Waals surface area contributed by atoms with E-state index in [1.807, 2.05) is 0 Å². The Labute approximate surface area is 174 Å². The van der Waals surface area contributed by atoms with Crippen LogP contribution in [0.3, 0.4) is 0 Å². The number of methoxy groups -OCH3 is 2. The molecule has 2 aromatic carbocycles. The van der Waals surface area contributed by atoms with E-state index in [1.165, 1.54) is 32.4 Å². The normalized spacial score (nSPS) is 10.6. The third kappa shape index (κ3) is 6.70. The Morgan fingerprint density at radius 2 is 1.66 bits per heavy atom. The van der Waals surface area contributed by atoms with Crippen LogP contribution in [0.25, 0.3) is 0 Å². The minimum atomic E-state index is -2.98. The maximum absolute atomic E-state index is 12.4. The number of carbonyl (C=O) groups is 2. The molecule has 0 aliphatic carbocycles. The first kappa shape index (κ1) is 22.6. The van der Waals surface area contributed by atoms with Crippen LogP contribution < -0.4 is 14.2 Å². The van der Waals surface area contributed by atoms with Gasteiger partial charge in [-0.25, -0.2) is 0 Å². The Morgan fingerprint density at radius 1 is 0.966 bits per heavy atom. The van der Waals surface area contributed by atoms with E-state index in [2.05, 4.69) is 20.7 Å². The molecule has 9 heteroatoms. The first-order valence-electron chi connectivity index (χ1n) is 8.48. The molecule has 0 fully saturated rings. The summed E-state index contributed by atoms with van der Waals surface area (Å²) in [5.74, 6) is -0.429. The lowest BCUT2D eigenvalue weighted by atomic mass is 10.1. The van der Waals surface area contributed by atoms with Crippen molar-refractivity contribution in [3.05, 3.63) is 52.0 Å². The van der Waals surface area contributed by atoms with Crippen LogP contribution >= 0.6 is 15.9 Å². The number of hydrogen-bond donors (Lipinski definition) is 0. The molecule has 0 bridgehead atoms. The Balaban J connectivity index is 1.90. The van der Waals surface area contributed by atoms with Gasteiger partial charge in [0.2, 0.25) is 0 Å². The van der Waals surface area contributed by atoms with Crippen molar-refractivity contribution < 1.29 is 37.3 Å². The summed E-state index contributed by atoms with van der Waals surface area (Å²) in [6.45, 7) is -3.08. The summed E-state index contributed by atoms with van der Waals surface area (Å²) in [4.78, 5) is 24.3. The van der Waals surface area contributed by atoms with Crippen LogP contribution in [0.5, 0.6) is 17.2 Å². The first-order chi connectivity index (χ1) is 13.8. The van der Waals surface area contributed by atoms with Gasteiger partial charge >= 0.3 is 12.6 Å². The quantitative estimate of drug-likeness (QED) is 0.366. The standard InChI is InChI=1S/C20H19BrF2O6/c1-26-16-7-4-13(21)10-14(16)15(24)5-8-19(25)28-11-12-3-6-17(29-20(22)23)18(9-12)27-2/h3-4,6-7,9-10,20H,5,8,11H2,1-2H3. The Morgan fingerprint density at radius 3 is 2.31 bits per heavy atom. The van der Waals surface area contributed by atoms with Crippen molar-refractivity contribution in [3.8, 4) is 17.2 Å². The minimum Gasteiger partial charge on any atom is -0.496 e. The van der Waals surface area contributed by atoms with Gasteiger partial charge in [-0.3, -0.25) is 9.59 Å². The molecule has 156 valence electrons. The lowest BCUT2D eigenvalue weighted by molar-refractivity contribution is -0.144. The van der Waals surface area contributed by atoms with Gasteiger partial charge in [0.15, 0.2) is 17.3 Å². The number of ether oxygens (including phenoxy) is 4. The van der Waals surface area contributed by atoms with Crippen LogP contribution in [0.2, 0.25) is 0 Å². The molecule has 0 N–H and O–H groups in total. The highest BCUT2D eigenvalue weighted by molar-refractivity contribution is 9.10. The zero-order chi connectivity index (χ0) is 21.4. The molecule has 0 saturated carbocycles. The molecular formula is C20H19BrF2O6. The SMILES string of the molecule is COc1cc(COC(=O)CCC(=O)c2cc(Br)ccc2OC)ccc1OC(F)F. The first-order valence-corrected chi connectivity index (χ1v) is 9.27. The number of alkyl halides is 2. The molecule has 0 atom stereocenters. The molecule has 0 spiro atoms. The fraction of sp³-hybridized carbons (Fsp3) is 0.300. The van der Waals surface area contributed by atoms with Crippen molar-refractivity contribution in [3.63, 3.8) is 0 Å². The highest BCUT2D eigenvalue weighted by atomic mass is 79.9. The van der Waals surface area contributed by atoms with Crippen LogP contribution in [0.1, 0.15) is 28.8 Å². The van der Waals surface area contributed by atoms with Gasteiger partial charge in [-0.2, -0.15) is 8.78 Å². The number of carbonyl (C=O) groups excluding carboxylic acids is 2. The highest BCUT2D eigenvalue weighted by Gasteiger charge is 2.16. The third-order valence-electron chi connectivity index (χ3n) is 3.86. The summed E-state index contributed by atoms with van der Waals surface area (Å²) in [6, 6.07) is 9.24. The Bertz CT molecular complexity index is 872. The van der Waals surface area contributed by atoms with E-state index >= 15 is 0 Å². The lowest BCUT2D eigenvalue weighted by Gasteiger charge is -2.12. The summed E-state index contributed by atoms with van der Waals surface area (Å²) in [5, 5.41) is 0. The predicted molar refractivity (Wildman–Crippen MR) is 104 cm³/mol. The maximum Gasteiger partial charge on any atom is 0.387 e. The van der Waals surface area contributed by atoms with E-state index in [0.717, 1.165) is 4.47 Å². The number of ketones is 1. The molecule has 0 aromatic heterocycles. The van der Waals surface area contributed by atoms with Gasteiger partial charge in [0, 0.05) is 10.9 Å². The number of esters is 1. The molecule has 0 heterocycles. The van der Waals surface area contributed by atoms with Crippen LogP contribution in [0.4, 0.5) is 8.78 Å². The summed E-state index contributed by atoms with van der Waals surface area (Å²) < 4.78 is 45.0. The number of hydrogen-bond acceptors (Lipinski definition) is 6. The summed E-state index contributed by atoms with van der Waals surface area (Å²) >= 11 is 3.29. The van der Waals surface area contributed by atoms with E-state index in [0.29, 0.717) is 16.9 Å². The van der Waals surface area contributed by atoms with Gasteiger partial charge in [-0.15, -0.1) is 0 Å². The van der Waals surface area contributed by atoms with E-state index in [-0.39, 0.29) is 36.7 Å². The molecule has 0 aliphatic heterocycles. The second kappa shape index (κ2) is 10.8. The minimum absolute atomic E-state index is 0.0455. The molecule has 0 aliphatic rings. The smallest absolute Gasteiger partial charge is 0.387 e. The van der Waals surface area contributed by atoms with Crippen LogP contribution in [0, 0.1) is 0 Å². The molecule has 29 heavy (non-hydrogen) atoms. The molecule has 0 unspecified atom stereocenters. The highest BCUT2D eigenvalue weighted by Crippen LogP contribution is 2.30. The van der Waals surface area contributed by atoms with E-state index in [1.54, 1.807) is 18.2 Å². The molecule has 6 nitrogen and oxygen atoms in total. The van der Waals surface area contributed by atoms with Crippen molar-refractivity contribution in [2.75, 3.05) is 14.2 Å². The average molecular weight is 473 g/mol. The van der Waals surface area contributed by atoms with Crippen LogP contribution in [0.15, 0.2) is 40.9 Å². The predicted octanol–water partition coefficient (Wildman–Crippen LogP) is 4.77. The molecule has 2 rings (SSSR count). The molecule has 2 aromatic rings. The fourth-order valence-electron chi connectivity index (χ4n) is 2.48. The number of rotatable bonds is 10. The summed E-state index contributed by atoms with van der Waals surface area (Å²) in [5.41, 5.74) is 0.894. The van der Waals surface area contributed by atoms with E-state index in [4.69, 9.17) is 14.2 Å². The second-order valence-electron chi connectivity index (χ2n) is 5.79. The van der Waals surface area contributed by atoms with Crippen molar-refractivity contribution >= 4 is 27.7 Å². The number of Topliss-reactive ketones (excluding diaryl/α,β-unsaturated/α-hetero) is 1. The molecule has 0 saturated heterocycles. The van der Waals surface area contributed by atoms with Gasteiger partial charge in [-0.05, 0) is 35.9 Å². The second-order valence-corrected chi connectivity index (χ2v) is 6.71. The lowest BCUT2D eigenvalue weighted by Crippen LogP contribution is -2.09. The van der Waals surface area contributed by atoms with Gasteiger partial charge in [0.25, 0.3) is 0 Å². The third-order valence-corrected chi connectivity index (χ3v) is 4.36. The van der Waals surface area contributed by atoms with Crippen LogP contribution in [-0.4, -0.2) is 32.6 Å². The Kier molecular flexibility index (Phi) is 8.38.